The van der Waals surface area contributed by atoms with Crippen LogP contribution in [0.5, 0.6) is 11.5 Å². The molecule has 0 saturated heterocycles. The standard InChI is InChI=1S/C23H26O3/c1-22(2)13-25-17-11-7-5-9-15(17)19(22)21(24)20-16-10-6-8-12-18(16)26-14-23(20,3)4/h5-12,19-20H,13-14H2,1-4H3. The quantitative estimate of drug-likeness (QED) is 0.768. The summed E-state index contributed by atoms with van der Waals surface area (Å²) < 4.78 is 11.9. The lowest BCUT2D eigenvalue weighted by Crippen LogP contribution is -2.45. The molecule has 0 radical (unpaired) electrons. The first-order valence-electron chi connectivity index (χ1n) is 9.28. The lowest BCUT2D eigenvalue weighted by Gasteiger charge is -2.45. The second kappa shape index (κ2) is 5.87. The van der Waals surface area contributed by atoms with Crippen molar-refractivity contribution in [3.05, 3.63) is 59.7 Å². The maximum absolute atomic E-state index is 14.0. The minimum absolute atomic E-state index is 0.192. The average Bonchev–Trinajstić information content (AvgIpc) is 2.60. The summed E-state index contributed by atoms with van der Waals surface area (Å²) in [7, 11) is 0. The molecule has 0 aliphatic carbocycles. The van der Waals surface area contributed by atoms with Crippen LogP contribution in [0.2, 0.25) is 0 Å². The molecule has 26 heavy (non-hydrogen) atoms. The van der Waals surface area contributed by atoms with Gasteiger partial charge in [0.15, 0.2) is 0 Å². The van der Waals surface area contributed by atoms with Gasteiger partial charge in [0, 0.05) is 22.0 Å². The number of rotatable bonds is 2. The molecule has 2 aromatic rings. The number of carbonyl (C=O) groups excluding carboxylic acids is 1. The topological polar surface area (TPSA) is 35.5 Å². The van der Waals surface area contributed by atoms with Gasteiger partial charge in [0.05, 0.1) is 25.0 Å². The molecule has 2 aromatic carbocycles. The maximum atomic E-state index is 14.0. The second-order valence-corrected chi connectivity index (χ2v) is 8.90. The Balaban J connectivity index is 1.84. The Labute approximate surface area is 155 Å². The Kier molecular flexibility index (Phi) is 3.87. The second-order valence-electron chi connectivity index (χ2n) is 8.90. The van der Waals surface area contributed by atoms with Gasteiger partial charge in [0.25, 0.3) is 0 Å². The van der Waals surface area contributed by atoms with Gasteiger partial charge in [-0.2, -0.15) is 0 Å². The van der Waals surface area contributed by atoms with Gasteiger partial charge in [0.2, 0.25) is 0 Å². The smallest absolute Gasteiger partial charge is 0.149 e. The van der Waals surface area contributed by atoms with Crippen LogP contribution < -0.4 is 9.47 Å². The molecular formula is C23H26O3. The summed E-state index contributed by atoms with van der Waals surface area (Å²) in [6.07, 6.45) is 0. The van der Waals surface area contributed by atoms with E-state index in [4.69, 9.17) is 9.47 Å². The Morgan fingerprint density at radius 3 is 1.58 bits per heavy atom. The number of fused-ring (bicyclic) bond motifs is 2. The largest absolute Gasteiger partial charge is 0.493 e. The molecule has 3 heteroatoms. The van der Waals surface area contributed by atoms with Crippen molar-refractivity contribution in [1.29, 1.82) is 0 Å². The summed E-state index contributed by atoms with van der Waals surface area (Å²) in [5.74, 6) is 1.56. The molecule has 0 aromatic heterocycles. The molecule has 3 nitrogen and oxygen atoms in total. The summed E-state index contributed by atoms with van der Waals surface area (Å²) in [5.41, 5.74) is 1.51. The molecule has 2 aliphatic rings. The van der Waals surface area contributed by atoms with E-state index in [-0.39, 0.29) is 28.4 Å². The molecule has 0 amide bonds. The third kappa shape index (κ3) is 2.61. The Hall–Kier alpha value is -2.29. The summed E-state index contributed by atoms with van der Waals surface area (Å²) >= 11 is 0. The van der Waals surface area contributed by atoms with E-state index in [1.165, 1.54) is 0 Å². The highest BCUT2D eigenvalue weighted by atomic mass is 16.5. The molecule has 2 aliphatic heterocycles. The molecule has 0 fully saturated rings. The number of Topliss-reactive ketones (excluding diaryl/α,β-unsaturated/α-hetero) is 1. The van der Waals surface area contributed by atoms with Gasteiger partial charge in [0.1, 0.15) is 17.3 Å². The highest BCUT2D eigenvalue weighted by Gasteiger charge is 2.50. The first kappa shape index (κ1) is 17.1. The normalized spacial score (nSPS) is 25.2. The van der Waals surface area contributed by atoms with Crippen molar-refractivity contribution >= 4 is 5.78 Å². The number of ether oxygens (including phenoxy) is 2. The number of hydrogen-bond donors (Lipinski definition) is 0. The van der Waals surface area contributed by atoms with Crippen molar-refractivity contribution in [3.63, 3.8) is 0 Å². The fraction of sp³-hybridized carbons (Fsp3) is 0.435. The zero-order valence-corrected chi connectivity index (χ0v) is 15.9. The molecule has 0 spiro atoms. The van der Waals surface area contributed by atoms with Gasteiger partial charge >= 0.3 is 0 Å². The number of ketones is 1. The SMILES string of the molecule is CC1(C)COc2ccccc2C1C(=O)C1c2ccccc2OCC1(C)C. The van der Waals surface area contributed by atoms with Crippen LogP contribution in [0, 0.1) is 10.8 Å². The average molecular weight is 350 g/mol. The van der Waals surface area contributed by atoms with Gasteiger partial charge in [-0.15, -0.1) is 0 Å². The van der Waals surface area contributed by atoms with E-state index in [9.17, 15) is 4.79 Å². The molecule has 0 N–H and O–H groups in total. The third-order valence-electron chi connectivity index (χ3n) is 5.79. The fourth-order valence-corrected chi connectivity index (χ4v) is 4.48. The molecule has 4 rings (SSSR count). The molecule has 136 valence electrons. The summed E-state index contributed by atoms with van der Waals surface area (Å²) in [5, 5.41) is 0. The fourth-order valence-electron chi connectivity index (χ4n) is 4.48. The van der Waals surface area contributed by atoms with Crippen LogP contribution >= 0.6 is 0 Å². The summed E-state index contributed by atoms with van der Waals surface area (Å²) in [6.45, 7) is 9.61. The monoisotopic (exact) mass is 350 g/mol. The minimum atomic E-state index is -0.255. The first-order chi connectivity index (χ1) is 12.3. The van der Waals surface area contributed by atoms with Gasteiger partial charge in [-0.1, -0.05) is 64.1 Å². The molecular weight excluding hydrogens is 324 g/mol. The van der Waals surface area contributed by atoms with E-state index >= 15 is 0 Å². The van der Waals surface area contributed by atoms with E-state index in [0.29, 0.717) is 13.2 Å². The van der Waals surface area contributed by atoms with E-state index in [2.05, 4.69) is 27.7 Å². The Morgan fingerprint density at radius 2 is 1.15 bits per heavy atom. The molecule has 0 bridgehead atoms. The number of benzene rings is 2. The predicted octanol–water partition coefficient (Wildman–Crippen LogP) is 4.96. The predicted molar refractivity (Wildman–Crippen MR) is 102 cm³/mol. The van der Waals surface area contributed by atoms with Crippen LogP contribution in [0.3, 0.4) is 0 Å². The van der Waals surface area contributed by atoms with Gasteiger partial charge < -0.3 is 9.47 Å². The summed E-state index contributed by atoms with van der Waals surface area (Å²) in [4.78, 5) is 14.0. The minimum Gasteiger partial charge on any atom is -0.493 e. The van der Waals surface area contributed by atoms with E-state index in [1.807, 2.05) is 48.5 Å². The Bertz CT molecular complexity index is 781. The highest BCUT2D eigenvalue weighted by Crippen LogP contribution is 2.52. The van der Waals surface area contributed by atoms with Gasteiger partial charge in [-0.25, -0.2) is 0 Å². The first-order valence-corrected chi connectivity index (χ1v) is 9.28. The van der Waals surface area contributed by atoms with Crippen LogP contribution in [0.1, 0.15) is 50.7 Å². The number of hydrogen-bond acceptors (Lipinski definition) is 3. The highest BCUT2D eigenvalue weighted by molar-refractivity contribution is 5.94. The van der Waals surface area contributed by atoms with Crippen molar-refractivity contribution in [1.82, 2.24) is 0 Å². The van der Waals surface area contributed by atoms with Crippen molar-refractivity contribution in [2.45, 2.75) is 39.5 Å². The maximum Gasteiger partial charge on any atom is 0.149 e. The summed E-state index contributed by atoms with van der Waals surface area (Å²) in [6, 6.07) is 15.9. The van der Waals surface area contributed by atoms with Crippen molar-refractivity contribution in [3.8, 4) is 11.5 Å². The van der Waals surface area contributed by atoms with Crippen molar-refractivity contribution in [2.75, 3.05) is 13.2 Å². The number of carbonyl (C=O) groups is 1. The van der Waals surface area contributed by atoms with Crippen LogP contribution in [-0.2, 0) is 4.79 Å². The van der Waals surface area contributed by atoms with Crippen molar-refractivity contribution < 1.29 is 14.3 Å². The third-order valence-corrected chi connectivity index (χ3v) is 5.79. The van der Waals surface area contributed by atoms with Crippen LogP contribution in [0.4, 0.5) is 0 Å². The van der Waals surface area contributed by atoms with Crippen LogP contribution in [-0.4, -0.2) is 19.0 Å². The molecule has 2 unspecified atom stereocenters. The van der Waals surface area contributed by atoms with E-state index in [1.54, 1.807) is 0 Å². The zero-order chi connectivity index (χ0) is 18.5. The molecule has 2 heterocycles. The lowest BCUT2D eigenvalue weighted by atomic mass is 9.62. The number of para-hydroxylation sites is 2. The van der Waals surface area contributed by atoms with E-state index < -0.39 is 0 Å². The molecule has 2 atom stereocenters. The van der Waals surface area contributed by atoms with Crippen LogP contribution in [0.15, 0.2) is 48.5 Å². The van der Waals surface area contributed by atoms with Crippen LogP contribution in [0.25, 0.3) is 0 Å². The van der Waals surface area contributed by atoms with Gasteiger partial charge in [-0.05, 0) is 12.1 Å². The zero-order valence-electron chi connectivity index (χ0n) is 15.9. The molecule has 0 saturated carbocycles. The Morgan fingerprint density at radius 1 is 0.769 bits per heavy atom. The van der Waals surface area contributed by atoms with Crippen molar-refractivity contribution in [2.24, 2.45) is 10.8 Å². The van der Waals surface area contributed by atoms with Gasteiger partial charge in [-0.3, -0.25) is 4.79 Å². The van der Waals surface area contributed by atoms with E-state index in [0.717, 1.165) is 22.6 Å². The lowest BCUT2D eigenvalue weighted by molar-refractivity contribution is -0.129.